The standard InChI is InChI=1S/C30H35N2O6PS/c1-21(30(35)36)32-29(34)27(19-23-13-15-25(16-14-23)24-9-5-3-6-10-24)20-39(37,38-17-18-40-22(2)33)28(31)26-11-7-4-8-12-26/h3-16,21,27-28H,17-20,31H2,1-2H3,(H,32,34)(H,35,36)/t21-,27?,28?,39?/m0/s1. The van der Waals surface area contributed by atoms with Gasteiger partial charge in [0.1, 0.15) is 11.8 Å². The Bertz CT molecular complexity index is 1320. The van der Waals surface area contributed by atoms with Crippen LogP contribution in [0.15, 0.2) is 84.9 Å². The minimum atomic E-state index is -3.72. The second-order valence-electron chi connectivity index (χ2n) is 9.47. The van der Waals surface area contributed by atoms with Crippen molar-refractivity contribution in [1.29, 1.82) is 0 Å². The highest BCUT2D eigenvalue weighted by Gasteiger charge is 2.38. The van der Waals surface area contributed by atoms with Crippen molar-refractivity contribution in [2.75, 3.05) is 18.5 Å². The van der Waals surface area contributed by atoms with E-state index in [9.17, 15) is 24.1 Å². The lowest BCUT2D eigenvalue weighted by molar-refractivity contribution is -0.141. The molecule has 0 aliphatic carbocycles. The zero-order chi connectivity index (χ0) is 29.1. The number of benzene rings is 3. The zero-order valence-electron chi connectivity index (χ0n) is 22.6. The third-order valence-corrected chi connectivity index (χ3v) is 9.87. The van der Waals surface area contributed by atoms with Gasteiger partial charge in [-0.2, -0.15) is 0 Å². The van der Waals surface area contributed by atoms with E-state index >= 15 is 0 Å². The summed E-state index contributed by atoms with van der Waals surface area (Å²) in [6.07, 6.45) is -0.00327. The van der Waals surface area contributed by atoms with Crippen molar-refractivity contribution in [2.24, 2.45) is 11.7 Å². The Hall–Kier alpha value is -3.23. The number of hydrogen-bond acceptors (Lipinski definition) is 7. The maximum absolute atomic E-state index is 14.4. The van der Waals surface area contributed by atoms with Crippen LogP contribution in [-0.4, -0.2) is 46.7 Å². The van der Waals surface area contributed by atoms with Crippen LogP contribution >= 0.6 is 19.1 Å². The Labute approximate surface area is 239 Å². The van der Waals surface area contributed by atoms with Gasteiger partial charge in [0.15, 0.2) is 5.12 Å². The lowest BCUT2D eigenvalue weighted by atomic mass is 9.97. The van der Waals surface area contributed by atoms with E-state index in [1.54, 1.807) is 24.3 Å². The molecule has 40 heavy (non-hydrogen) atoms. The molecule has 212 valence electrons. The van der Waals surface area contributed by atoms with Crippen molar-refractivity contribution < 1.29 is 28.6 Å². The summed E-state index contributed by atoms with van der Waals surface area (Å²) in [5, 5.41) is 11.8. The predicted molar refractivity (Wildman–Crippen MR) is 159 cm³/mol. The van der Waals surface area contributed by atoms with Gasteiger partial charge in [-0.3, -0.25) is 18.9 Å². The van der Waals surface area contributed by atoms with Gasteiger partial charge < -0.3 is 20.7 Å². The van der Waals surface area contributed by atoms with Gasteiger partial charge in [-0.15, -0.1) is 0 Å². The summed E-state index contributed by atoms with van der Waals surface area (Å²) in [5.41, 5.74) is 9.97. The Balaban J connectivity index is 1.90. The van der Waals surface area contributed by atoms with Crippen LogP contribution < -0.4 is 11.1 Å². The van der Waals surface area contributed by atoms with Crippen LogP contribution in [0.4, 0.5) is 0 Å². The van der Waals surface area contributed by atoms with Gasteiger partial charge in [0, 0.05) is 18.8 Å². The summed E-state index contributed by atoms with van der Waals surface area (Å²) in [6, 6.07) is 25.3. The first-order valence-electron chi connectivity index (χ1n) is 12.9. The topological polar surface area (TPSA) is 136 Å². The lowest BCUT2D eigenvalue weighted by Gasteiger charge is -2.29. The maximum Gasteiger partial charge on any atom is 0.325 e. The lowest BCUT2D eigenvalue weighted by Crippen LogP contribution is -2.43. The van der Waals surface area contributed by atoms with Gasteiger partial charge in [0.05, 0.1) is 12.5 Å². The summed E-state index contributed by atoms with van der Waals surface area (Å²) >= 11 is 1.05. The number of carboxylic acid groups (broad SMARTS) is 1. The molecule has 0 spiro atoms. The molecule has 4 N–H and O–H groups in total. The number of nitrogens with one attached hydrogen (secondary N) is 1. The molecule has 0 saturated heterocycles. The number of carbonyl (C=O) groups is 3. The molecular weight excluding hydrogens is 547 g/mol. The molecular formula is C30H35N2O6PS. The van der Waals surface area contributed by atoms with E-state index in [2.05, 4.69) is 5.32 Å². The minimum absolute atomic E-state index is 0.00764. The number of amides is 1. The number of hydrogen-bond donors (Lipinski definition) is 3. The van der Waals surface area contributed by atoms with Gasteiger partial charge in [-0.1, -0.05) is 96.7 Å². The molecule has 0 fully saturated rings. The first-order chi connectivity index (χ1) is 19.1. The zero-order valence-corrected chi connectivity index (χ0v) is 24.3. The highest BCUT2D eigenvalue weighted by atomic mass is 32.2. The Kier molecular flexibility index (Phi) is 11.7. The molecule has 8 nitrogen and oxygen atoms in total. The maximum atomic E-state index is 14.4. The van der Waals surface area contributed by atoms with E-state index in [0.717, 1.165) is 28.5 Å². The summed E-state index contributed by atoms with van der Waals surface area (Å²) in [4.78, 5) is 36.2. The molecule has 4 atom stereocenters. The third kappa shape index (κ3) is 9.17. The second-order valence-corrected chi connectivity index (χ2v) is 13.4. The number of carboxylic acids is 1. The summed E-state index contributed by atoms with van der Waals surface area (Å²) in [6.45, 7) is 2.82. The smallest absolute Gasteiger partial charge is 0.325 e. The molecule has 0 aliphatic rings. The number of nitrogens with two attached hydrogens (primary N) is 1. The molecule has 0 radical (unpaired) electrons. The average Bonchev–Trinajstić information content (AvgIpc) is 2.95. The molecule has 3 unspecified atom stereocenters. The van der Waals surface area contributed by atoms with Crippen LogP contribution in [-0.2, 0) is 29.9 Å². The summed E-state index contributed by atoms with van der Waals surface area (Å²) < 4.78 is 20.3. The van der Waals surface area contributed by atoms with Crippen molar-refractivity contribution >= 4 is 36.1 Å². The molecule has 0 bridgehead atoms. The normalized spacial score (nSPS) is 14.9. The number of aliphatic carboxylic acids is 1. The first kappa shape index (κ1) is 31.3. The van der Waals surface area contributed by atoms with Gasteiger partial charge >= 0.3 is 5.97 Å². The van der Waals surface area contributed by atoms with Crippen LogP contribution in [0.3, 0.4) is 0 Å². The average molecular weight is 583 g/mol. The largest absolute Gasteiger partial charge is 0.480 e. The van der Waals surface area contributed by atoms with E-state index in [0.29, 0.717) is 5.56 Å². The van der Waals surface area contributed by atoms with E-state index in [-0.39, 0.29) is 30.1 Å². The molecule has 3 aromatic rings. The van der Waals surface area contributed by atoms with Crippen molar-refractivity contribution in [1.82, 2.24) is 5.32 Å². The predicted octanol–water partition coefficient (Wildman–Crippen LogP) is 5.33. The fourth-order valence-electron chi connectivity index (χ4n) is 4.19. The number of carbonyl (C=O) groups excluding carboxylic acids is 2. The van der Waals surface area contributed by atoms with Crippen molar-refractivity contribution in [3.05, 3.63) is 96.1 Å². The number of thioether (sulfide) groups is 1. The SMILES string of the molecule is CC(=O)SCCOP(=O)(CC(Cc1ccc(-c2ccccc2)cc1)C(=O)N[C@@H](C)C(=O)O)C(N)c1ccccc1. The molecule has 3 rings (SSSR count). The molecule has 1 amide bonds. The van der Waals surface area contributed by atoms with E-state index in [1.807, 2.05) is 60.7 Å². The van der Waals surface area contributed by atoms with Crippen LogP contribution in [0.5, 0.6) is 0 Å². The third-order valence-electron chi connectivity index (χ3n) is 6.38. The molecule has 3 aromatic carbocycles. The highest BCUT2D eigenvalue weighted by molar-refractivity contribution is 8.13. The van der Waals surface area contributed by atoms with Gasteiger partial charge in [0.2, 0.25) is 13.3 Å². The summed E-state index contributed by atoms with van der Waals surface area (Å²) in [7, 11) is -3.72. The Morgan fingerprint density at radius 1 is 0.950 bits per heavy atom. The van der Waals surface area contributed by atoms with E-state index in [1.165, 1.54) is 13.8 Å². The van der Waals surface area contributed by atoms with Gasteiger partial charge in [0.25, 0.3) is 0 Å². The van der Waals surface area contributed by atoms with Crippen molar-refractivity contribution in [3.8, 4) is 11.1 Å². The molecule has 0 aliphatic heterocycles. The molecule has 0 heterocycles. The van der Waals surface area contributed by atoms with Crippen LogP contribution in [0.2, 0.25) is 0 Å². The molecule has 0 aromatic heterocycles. The van der Waals surface area contributed by atoms with Crippen LogP contribution in [0, 0.1) is 5.92 Å². The molecule has 10 heteroatoms. The first-order valence-corrected chi connectivity index (χ1v) is 15.8. The molecule has 0 saturated carbocycles. The van der Waals surface area contributed by atoms with E-state index in [4.69, 9.17) is 10.3 Å². The van der Waals surface area contributed by atoms with Crippen molar-refractivity contribution in [2.45, 2.75) is 32.1 Å². The number of rotatable bonds is 14. The van der Waals surface area contributed by atoms with Crippen LogP contribution in [0.25, 0.3) is 11.1 Å². The minimum Gasteiger partial charge on any atom is -0.480 e. The highest BCUT2D eigenvalue weighted by Crippen LogP contribution is 2.58. The Morgan fingerprint density at radius 2 is 1.52 bits per heavy atom. The second kappa shape index (κ2) is 15.0. The van der Waals surface area contributed by atoms with E-state index < -0.39 is 37.0 Å². The monoisotopic (exact) mass is 582 g/mol. The summed E-state index contributed by atoms with van der Waals surface area (Å²) in [5.74, 6) is -3.34. The van der Waals surface area contributed by atoms with Gasteiger partial charge in [-0.25, -0.2) is 0 Å². The fraction of sp³-hybridized carbons (Fsp3) is 0.300. The van der Waals surface area contributed by atoms with Gasteiger partial charge in [-0.05, 0) is 35.6 Å². The fourth-order valence-corrected chi connectivity index (χ4v) is 7.20. The van der Waals surface area contributed by atoms with Crippen LogP contribution in [0.1, 0.15) is 30.8 Å². The van der Waals surface area contributed by atoms with Crippen molar-refractivity contribution in [3.63, 3.8) is 0 Å². The Morgan fingerprint density at radius 3 is 2.10 bits per heavy atom. The quantitative estimate of drug-likeness (QED) is 0.171.